The van der Waals surface area contributed by atoms with Crippen LogP contribution in [0, 0.1) is 0 Å². The third-order valence-corrected chi connectivity index (χ3v) is 2.47. The van der Waals surface area contributed by atoms with Crippen molar-refractivity contribution >= 4 is 22.4 Å². The highest BCUT2D eigenvalue weighted by molar-refractivity contribution is 5.91. The molecule has 19 heavy (non-hydrogen) atoms. The Morgan fingerprint density at radius 1 is 1.26 bits per heavy atom. The molecule has 0 bridgehead atoms. The summed E-state index contributed by atoms with van der Waals surface area (Å²) in [6.45, 7) is -1.22. The van der Waals surface area contributed by atoms with E-state index in [0.717, 1.165) is 6.33 Å². The normalized spacial score (nSPS) is 12.1. The van der Waals surface area contributed by atoms with Crippen molar-refractivity contribution in [1.29, 1.82) is 0 Å². The number of anilines is 2. The van der Waals surface area contributed by atoms with Gasteiger partial charge in [0.1, 0.15) is 12.1 Å². The van der Waals surface area contributed by atoms with Crippen LogP contribution in [0.15, 0.2) is 24.5 Å². The lowest BCUT2D eigenvalue weighted by molar-refractivity contribution is -0.117. The van der Waals surface area contributed by atoms with Gasteiger partial charge in [-0.25, -0.2) is 18.7 Å². The van der Waals surface area contributed by atoms with Crippen molar-refractivity contribution in [3.05, 3.63) is 24.5 Å². The van der Waals surface area contributed by atoms with Gasteiger partial charge in [0.05, 0.1) is 12.1 Å². The van der Waals surface area contributed by atoms with Gasteiger partial charge < -0.3 is 11.1 Å². The molecule has 2 rings (SSSR count). The van der Waals surface area contributed by atoms with E-state index in [1.54, 1.807) is 12.1 Å². The Kier molecular flexibility index (Phi) is 3.41. The van der Waals surface area contributed by atoms with Crippen LogP contribution in [0.3, 0.4) is 0 Å². The minimum Gasteiger partial charge on any atom is -0.399 e. The standard InChI is InChI=1S/C11H10F4N4/c12-10(13)11(14,15)4-17-9-7-3-6(16)1-2-8(7)18-5-19-9/h1-3,5,10H,4,16H2,(H,17,18,19). The van der Waals surface area contributed by atoms with Crippen LogP contribution < -0.4 is 11.1 Å². The number of halogens is 4. The molecular weight excluding hydrogens is 264 g/mol. The molecule has 0 unspecified atom stereocenters. The lowest BCUT2D eigenvalue weighted by atomic mass is 10.2. The van der Waals surface area contributed by atoms with E-state index in [9.17, 15) is 17.6 Å². The second-order valence-electron chi connectivity index (χ2n) is 3.91. The zero-order valence-electron chi connectivity index (χ0n) is 9.58. The monoisotopic (exact) mass is 274 g/mol. The van der Waals surface area contributed by atoms with Crippen LogP contribution >= 0.6 is 0 Å². The van der Waals surface area contributed by atoms with Crippen molar-refractivity contribution in [2.45, 2.75) is 12.3 Å². The molecule has 1 aromatic carbocycles. The van der Waals surface area contributed by atoms with Crippen LogP contribution in [0.4, 0.5) is 29.1 Å². The summed E-state index contributed by atoms with van der Waals surface area (Å²) in [6, 6.07) is 4.66. The number of nitrogens with zero attached hydrogens (tertiary/aromatic N) is 2. The predicted octanol–water partition coefficient (Wildman–Crippen LogP) is 2.52. The maximum absolute atomic E-state index is 12.8. The second-order valence-corrected chi connectivity index (χ2v) is 3.91. The van der Waals surface area contributed by atoms with E-state index in [2.05, 4.69) is 15.3 Å². The van der Waals surface area contributed by atoms with Gasteiger partial charge >= 0.3 is 12.3 Å². The first-order chi connectivity index (χ1) is 8.90. The maximum Gasteiger partial charge on any atom is 0.324 e. The summed E-state index contributed by atoms with van der Waals surface area (Å²) in [7, 11) is 0. The number of hydrogen-bond donors (Lipinski definition) is 2. The minimum atomic E-state index is -4.13. The molecule has 3 N–H and O–H groups in total. The molecule has 0 aliphatic rings. The molecule has 0 saturated carbocycles. The summed E-state index contributed by atoms with van der Waals surface area (Å²) in [5, 5.41) is 2.60. The highest BCUT2D eigenvalue weighted by atomic mass is 19.3. The van der Waals surface area contributed by atoms with Gasteiger partial charge in [-0.2, -0.15) is 8.78 Å². The number of aromatic nitrogens is 2. The highest BCUT2D eigenvalue weighted by Crippen LogP contribution is 2.26. The van der Waals surface area contributed by atoms with Gasteiger partial charge in [0, 0.05) is 11.1 Å². The molecule has 8 heteroatoms. The number of alkyl halides is 4. The number of fused-ring (bicyclic) bond motifs is 1. The van der Waals surface area contributed by atoms with E-state index in [1.807, 2.05) is 0 Å². The van der Waals surface area contributed by atoms with Crippen molar-refractivity contribution in [3.8, 4) is 0 Å². The summed E-state index contributed by atoms with van der Waals surface area (Å²) in [5.41, 5.74) is 6.44. The average Bonchev–Trinajstić information content (AvgIpc) is 2.36. The Bertz CT molecular complexity index is 588. The van der Waals surface area contributed by atoms with Crippen LogP contribution in [-0.2, 0) is 0 Å². The summed E-state index contributed by atoms with van der Waals surface area (Å²) in [4.78, 5) is 7.67. The SMILES string of the molecule is Nc1ccc2ncnc(NCC(F)(F)C(F)F)c2c1. The highest BCUT2D eigenvalue weighted by Gasteiger charge is 2.40. The summed E-state index contributed by atoms with van der Waals surface area (Å²) in [6.07, 6.45) is -2.58. The zero-order chi connectivity index (χ0) is 14.0. The van der Waals surface area contributed by atoms with E-state index in [-0.39, 0.29) is 5.82 Å². The molecule has 0 aliphatic heterocycles. The number of nitrogens with one attached hydrogen (secondary N) is 1. The van der Waals surface area contributed by atoms with E-state index >= 15 is 0 Å². The van der Waals surface area contributed by atoms with Crippen molar-refractivity contribution < 1.29 is 17.6 Å². The topological polar surface area (TPSA) is 63.8 Å². The molecule has 0 fully saturated rings. The molecule has 0 aliphatic carbocycles. The number of nitrogen functional groups attached to an aromatic ring is 1. The van der Waals surface area contributed by atoms with Crippen molar-refractivity contribution in [2.75, 3.05) is 17.6 Å². The lowest BCUT2D eigenvalue weighted by Gasteiger charge is -2.16. The Hall–Kier alpha value is -2.12. The number of nitrogens with two attached hydrogens (primary N) is 1. The van der Waals surface area contributed by atoms with Crippen LogP contribution in [0.25, 0.3) is 10.9 Å². The minimum absolute atomic E-state index is 0.0395. The summed E-state index contributed by atoms with van der Waals surface area (Å²) < 4.78 is 49.8. The quantitative estimate of drug-likeness (QED) is 0.664. The Balaban J connectivity index is 2.28. The van der Waals surface area contributed by atoms with Crippen LogP contribution in [0.1, 0.15) is 0 Å². The fraction of sp³-hybridized carbons (Fsp3) is 0.273. The van der Waals surface area contributed by atoms with Gasteiger partial charge in [0.25, 0.3) is 0 Å². The molecule has 0 radical (unpaired) electrons. The Morgan fingerprint density at radius 2 is 2.00 bits per heavy atom. The average molecular weight is 274 g/mol. The largest absolute Gasteiger partial charge is 0.399 e. The Morgan fingerprint density at radius 3 is 2.68 bits per heavy atom. The number of benzene rings is 1. The molecule has 0 spiro atoms. The van der Waals surface area contributed by atoms with Gasteiger partial charge in [-0.05, 0) is 18.2 Å². The molecule has 1 heterocycles. The van der Waals surface area contributed by atoms with Crippen LogP contribution in [0.5, 0.6) is 0 Å². The molecular formula is C11H10F4N4. The zero-order valence-corrected chi connectivity index (χ0v) is 9.58. The molecule has 0 amide bonds. The molecule has 102 valence electrons. The molecule has 0 saturated heterocycles. The van der Waals surface area contributed by atoms with Gasteiger partial charge in [-0.3, -0.25) is 0 Å². The molecule has 1 aromatic heterocycles. The van der Waals surface area contributed by atoms with Gasteiger partial charge in [-0.15, -0.1) is 0 Å². The van der Waals surface area contributed by atoms with Crippen molar-refractivity contribution in [2.24, 2.45) is 0 Å². The number of hydrogen-bond acceptors (Lipinski definition) is 4. The smallest absolute Gasteiger partial charge is 0.324 e. The van der Waals surface area contributed by atoms with Crippen LogP contribution in [0.2, 0.25) is 0 Å². The maximum atomic E-state index is 12.8. The summed E-state index contributed by atoms with van der Waals surface area (Å²) in [5.74, 6) is -4.09. The first-order valence-electron chi connectivity index (χ1n) is 5.30. The Labute approximate surface area is 105 Å². The van der Waals surface area contributed by atoms with Crippen molar-refractivity contribution in [1.82, 2.24) is 9.97 Å². The van der Waals surface area contributed by atoms with E-state index < -0.39 is 18.9 Å². The number of rotatable bonds is 4. The third-order valence-electron chi connectivity index (χ3n) is 2.47. The molecule has 4 nitrogen and oxygen atoms in total. The lowest BCUT2D eigenvalue weighted by Crippen LogP contribution is -2.35. The van der Waals surface area contributed by atoms with Gasteiger partial charge in [0.2, 0.25) is 0 Å². The van der Waals surface area contributed by atoms with Gasteiger partial charge in [0.15, 0.2) is 0 Å². The van der Waals surface area contributed by atoms with Crippen LogP contribution in [-0.4, -0.2) is 28.9 Å². The summed E-state index contributed by atoms with van der Waals surface area (Å²) >= 11 is 0. The molecule has 0 atom stereocenters. The second kappa shape index (κ2) is 4.87. The fourth-order valence-corrected chi connectivity index (χ4v) is 1.49. The van der Waals surface area contributed by atoms with E-state index in [4.69, 9.17) is 5.73 Å². The van der Waals surface area contributed by atoms with Gasteiger partial charge in [-0.1, -0.05) is 0 Å². The van der Waals surface area contributed by atoms with E-state index in [0.29, 0.717) is 16.6 Å². The predicted molar refractivity (Wildman–Crippen MR) is 63.4 cm³/mol. The molecule has 2 aromatic rings. The third kappa shape index (κ3) is 2.83. The fourth-order valence-electron chi connectivity index (χ4n) is 1.49. The first kappa shape index (κ1) is 13.3. The first-order valence-corrected chi connectivity index (χ1v) is 5.30. The van der Waals surface area contributed by atoms with E-state index in [1.165, 1.54) is 6.07 Å². The van der Waals surface area contributed by atoms with Crippen molar-refractivity contribution in [3.63, 3.8) is 0 Å².